The molecule has 0 spiro atoms. The van der Waals surface area contributed by atoms with Crippen molar-refractivity contribution in [2.24, 2.45) is 0 Å². The van der Waals surface area contributed by atoms with E-state index in [1.54, 1.807) is 33.1 Å². The predicted molar refractivity (Wildman–Crippen MR) is 141 cm³/mol. The van der Waals surface area contributed by atoms with Crippen LogP contribution in [0.4, 0.5) is 0 Å². The number of hydrogen-bond acceptors (Lipinski definition) is 7. The average molecular weight is 525 g/mol. The van der Waals surface area contributed by atoms with E-state index in [2.05, 4.69) is 23.6 Å². The second kappa shape index (κ2) is 12.7. The SMILES string of the molecule is COc1cc(C)c(S(=O)(=O)N(C)CCOCC(=O)N2CCN(C3CCN(C(C)C)CC3)CC2)c(C)c1. The molecule has 1 aromatic rings. The highest BCUT2D eigenvalue weighted by atomic mass is 32.2. The molecule has 2 fully saturated rings. The third kappa shape index (κ3) is 6.98. The van der Waals surface area contributed by atoms with Crippen LogP contribution in [0.15, 0.2) is 17.0 Å². The molecule has 3 rings (SSSR count). The molecule has 0 atom stereocenters. The van der Waals surface area contributed by atoms with Crippen molar-refractivity contribution in [3.63, 3.8) is 0 Å². The summed E-state index contributed by atoms with van der Waals surface area (Å²) in [6, 6.07) is 4.66. The van der Waals surface area contributed by atoms with Crippen LogP contribution in [0.25, 0.3) is 0 Å². The van der Waals surface area contributed by atoms with Gasteiger partial charge in [0.2, 0.25) is 15.9 Å². The number of piperazine rings is 1. The van der Waals surface area contributed by atoms with Gasteiger partial charge in [0.05, 0.1) is 18.6 Å². The number of ether oxygens (including phenoxy) is 2. The Balaban J connectivity index is 1.40. The molecule has 2 aliphatic heterocycles. The van der Waals surface area contributed by atoms with E-state index in [1.165, 1.54) is 24.2 Å². The number of piperidine rings is 1. The molecule has 0 aromatic heterocycles. The van der Waals surface area contributed by atoms with Crippen molar-refractivity contribution in [2.45, 2.75) is 57.5 Å². The first kappa shape index (κ1) is 28.8. The lowest BCUT2D eigenvalue weighted by Gasteiger charge is -2.43. The summed E-state index contributed by atoms with van der Waals surface area (Å²) in [6.07, 6.45) is 2.39. The maximum absolute atomic E-state index is 13.1. The molecule has 2 aliphatic rings. The molecule has 0 aliphatic carbocycles. The minimum atomic E-state index is -3.68. The Morgan fingerprint density at radius 3 is 2.17 bits per heavy atom. The number of rotatable bonds is 10. The van der Waals surface area contributed by atoms with E-state index in [0.717, 1.165) is 39.3 Å². The van der Waals surface area contributed by atoms with Gasteiger partial charge in [0.1, 0.15) is 12.4 Å². The number of carbonyl (C=O) groups is 1. The van der Waals surface area contributed by atoms with Crippen molar-refractivity contribution in [1.82, 2.24) is 19.0 Å². The summed E-state index contributed by atoms with van der Waals surface area (Å²) >= 11 is 0. The molecular formula is C26H44N4O5S. The first-order chi connectivity index (χ1) is 17.0. The van der Waals surface area contributed by atoms with E-state index in [0.29, 0.717) is 29.0 Å². The van der Waals surface area contributed by atoms with Crippen LogP contribution >= 0.6 is 0 Å². The number of benzene rings is 1. The molecule has 0 saturated carbocycles. The first-order valence-corrected chi connectivity index (χ1v) is 14.4. The standard InChI is InChI=1S/C26H44N4O5S/c1-20(2)28-9-7-23(8-10-28)29-11-13-30(14-12-29)25(31)19-35-16-15-27(5)36(32,33)26-21(3)17-24(34-6)18-22(26)4/h17-18,20,23H,7-16,19H2,1-6H3. The summed E-state index contributed by atoms with van der Waals surface area (Å²) in [7, 11) is -0.582. The predicted octanol–water partition coefficient (Wildman–Crippen LogP) is 1.97. The molecular weight excluding hydrogens is 480 g/mol. The Morgan fingerprint density at radius 1 is 1.06 bits per heavy atom. The number of hydrogen-bond donors (Lipinski definition) is 0. The van der Waals surface area contributed by atoms with E-state index >= 15 is 0 Å². The van der Waals surface area contributed by atoms with Gasteiger partial charge < -0.3 is 19.3 Å². The summed E-state index contributed by atoms with van der Waals surface area (Å²) in [4.78, 5) is 19.9. The first-order valence-electron chi connectivity index (χ1n) is 13.0. The number of sulfonamides is 1. The fraction of sp³-hybridized carbons (Fsp3) is 0.731. The van der Waals surface area contributed by atoms with Gasteiger partial charge >= 0.3 is 0 Å². The number of carbonyl (C=O) groups excluding carboxylic acids is 1. The highest BCUT2D eigenvalue weighted by molar-refractivity contribution is 7.89. The Hall–Kier alpha value is -1.72. The van der Waals surface area contributed by atoms with Crippen molar-refractivity contribution in [3.05, 3.63) is 23.3 Å². The highest BCUT2D eigenvalue weighted by Gasteiger charge is 2.30. The number of likely N-dealkylation sites (N-methyl/N-ethyl adjacent to an activating group) is 1. The van der Waals surface area contributed by atoms with Crippen molar-refractivity contribution < 1.29 is 22.7 Å². The van der Waals surface area contributed by atoms with Gasteiger partial charge in [-0.15, -0.1) is 0 Å². The van der Waals surface area contributed by atoms with Crippen LogP contribution in [0.3, 0.4) is 0 Å². The van der Waals surface area contributed by atoms with Gasteiger partial charge in [0.25, 0.3) is 0 Å². The summed E-state index contributed by atoms with van der Waals surface area (Å²) in [5.74, 6) is 0.599. The monoisotopic (exact) mass is 524 g/mol. The van der Waals surface area contributed by atoms with Crippen LogP contribution in [0.5, 0.6) is 5.75 Å². The van der Waals surface area contributed by atoms with Crippen LogP contribution in [-0.4, -0.2) is 119 Å². The summed E-state index contributed by atoms with van der Waals surface area (Å²) in [5.41, 5.74) is 1.28. The van der Waals surface area contributed by atoms with E-state index in [1.807, 2.05) is 4.90 Å². The van der Waals surface area contributed by atoms with Gasteiger partial charge in [-0.2, -0.15) is 4.31 Å². The zero-order valence-electron chi connectivity index (χ0n) is 22.8. The lowest BCUT2D eigenvalue weighted by atomic mass is 10.0. The number of likely N-dealkylation sites (tertiary alicyclic amines) is 1. The molecule has 0 N–H and O–H groups in total. The zero-order chi connectivity index (χ0) is 26.5. The molecule has 9 nitrogen and oxygen atoms in total. The minimum Gasteiger partial charge on any atom is -0.497 e. The van der Waals surface area contributed by atoms with Gasteiger partial charge in [0.15, 0.2) is 0 Å². The largest absolute Gasteiger partial charge is 0.497 e. The van der Waals surface area contributed by atoms with Gasteiger partial charge in [0, 0.05) is 51.9 Å². The van der Waals surface area contributed by atoms with Crippen LogP contribution in [0.2, 0.25) is 0 Å². The molecule has 1 aromatic carbocycles. The van der Waals surface area contributed by atoms with Gasteiger partial charge in [-0.3, -0.25) is 9.69 Å². The van der Waals surface area contributed by atoms with Crippen LogP contribution in [0, 0.1) is 13.8 Å². The van der Waals surface area contributed by atoms with E-state index in [-0.39, 0.29) is 30.6 Å². The summed E-state index contributed by atoms with van der Waals surface area (Å²) < 4.78 is 38.3. The summed E-state index contributed by atoms with van der Waals surface area (Å²) in [5, 5.41) is 0. The molecule has 1 amide bonds. The molecule has 36 heavy (non-hydrogen) atoms. The van der Waals surface area contributed by atoms with Crippen molar-refractivity contribution in [2.75, 3.05) is 73.2 Å². The smallest absolute Gasteiger partial charge is 0.248 e. The second-order valence-corrected chi connectivity index (χ2v) is 12.2. The number of nitrogens with zero attached hydrogens (tertiary/aromatic N) is 4. The van der Waals surface area contributed by atoms with Gasteiger partial charge in [-0.1, -0.05) is 0 Å². The number of methoxy groups -OCH3 is 1. The highest BCUT2D eigenvalue weighted by Crippen LogP contribution is 2.27. The van der Waals surface area contributed by atoms with E-state index in [4.69, 9.17) is 9.47 Å². The average Bonchev–Trinajstić information content (AvgIpc) is 2.85. The lowest BCUT2D eigenvalue weighted by molar-refractivity contribution is -0.138. The van der Waals surface area contributed by atoms with Gasteiger partial charge in [-0.25, -0.2) is 8.42 Å². The van der Waals surface area contributed by atoms with E-state index < -0.39 is 10.0 Å². The quantitative estimate of drug-likeness (QED) is 0.433. The van der Waals surface area contributed by atoms with Crippen LogP contribution in [0.1, 0.15) is 37.8 Å². The fourth-order valence-electron chi connectivity index (χ4n) is 5.26. The molecule has 0 radical (unpaired) electrons. The lowest BCUT2D eigenvalue weighted by Crippen LogP contribution is -2.55. The molecule has 2 heterocycles. The number of amides is 1. The maximum atomic E-state index is 13.1. The zero-order valence-corrected chi connectivity index (χ0v) is 23.6. The fourth-order valence-corrected chi connectivity index (χ4v) is 6.82. The molecule has 0 unspecified atom stereocenters. The second-order valence-electron chi connectivity index (χ2n) is 10.2. The Morgan fingerprint density at radius 2 is 1.64 bits per heavy atom. The van der Waals surface area contributed by atoms with Crippen molar-refractivity contribution in [1.29, 1.82) is 0 Å². The molecule has 0 bridgehead atoms. The third-order valence-corrected chi connectivity index (χ3v) is 9.69. The molecule has 2 saturated heterocycles. The third-order valence-electron chi connectivity index (χ3n) is 7.53. The van der Waals surface area contributed by atoms with Crippen molar-refractivity contribution in [3.8, 4) is 5.75 Å². The minimum absolute atomic E-state index is 0.0265. The summed E-state index contributed by atoms with van der Waals surface area (Å²) in [6.45, 7) is 13.9. The van der Waals surface area contributed by atoms with Gasteiger partial charge in [-0.05, 0) is 76.9 Å². The number of aryl methyl sites for hydroxylation is 2. The van der Waals surface area contributed by atoms with Crippen LogP contribution in [-0.2, 0) is 19.6 Å². The topological polar surface area (TPSA) is 82.6 Å². The maximum Gasteiger partial charge on any atom is 0.248 e. The van der Waals surface area contributed by atoms with Crippen molar-refractivity contribution >= 4 is 15.9 Å². The van der Waals surface area contributed by atoms with E-state index in [9.17, 15) is 13.2 Å². The molecule has 204 valence electrons. The Kier molecular flexibility index (Phi) is 10.2. The normalized spacial score (nSPS) is 18.8. The Bertz CT molecular complexity index is 961. The van der Waals surface area contributed by atoms with Crippen LogP contribution < -0.4 is 4.74 Å². The Labute approximate surface area is 217 Å². The molecule has 10 heteroatoms.